The van der Waals surface area contributed by atoms with E-state index >= 15 is 0 Å². The van der Waals surface area contributed by atoms with Crippen molar-refractivity contribution < 1.29 is 4.74 Å². The monoisotopic (exact) mass is 420 g/mol. The number of nitrogens with one attached hydrogen (secondary N) is 1. The normalized spacial score (nSPS) is 26.8. The number of aromatic nitrogens is 2. The molecule has 1 saturated carbocycles. The summed E-state index contributed by atoms with van der Waals surface area (Å²) in [6.07, 6.45) is 11.1. The lowest BCUT2D eigenvalue weighted by molar-refractivity contribution is 0.00791. The first kappa shape index (κ1) is 19.0. The van der Waals surface area contributed by atoms with Crippen LogP contribution in [0.1, 0.15) is 55.4 Å². The number of rotatable bonds is 3. The molecule has 3 aliphatic rings. The summed E-state index contributed by atoms with van der Waals surface area (Å²) in [6.45, 7) is 3.95. The molecule has 0 aromatic carbocycles. The van der Waals surface area contributed by atoms with Crippen molar-refractivity contribution >= 4 is 39.0 Å². The van der Waals surface area contributed by atoms with Crippen LogP contribution in [0.15, 0.2) is 0 Å². The Bertz CT molecular complexity index is 827. The summed E-state index contributed by atoms with van der Waals surface area (Å²) in [6, 6.07) is 1.20. The topological polar surface area (TPSA) is 50.3 Å². The molecular weight excluding hydrogens is 392 g/mol. The van der Waals surface area contributed by atoms with Gasteiger partial charge in [-0.1, -0.05) is 6.42 Å². The lowest BCUT2D eigenvalue weighted by atomic mass is 9.90. The first-order chi connectivity index (χ1) is 13.8. The Kier molecular flexibility index (Phi) is 5.73. The van der Waals surface area contributed by atoms with E-state index in [2.05, 4.69) is 20.2 Å². The van der Waals surface area contributed by atoms with Crippen molar-refractivity contribution in [1.29, 1.82) is 0 Å². The molecule has 0 spiro atoms. The molecule has 1 N–H and O–H groups in total. The smallest absolute Gasteiger partial charge is 0.225 e. The van der Waals surface area contributed by atoms with Crippen LogP contribution in [0.4, 0.5) is 5.82 Å². The Morgan fingerprint density at radius 1 is 1.00 bits per heavy atom. The zero-order valence-electron chi connectivity index (χ0n) is 16.4. The van der Waals surface area contributed by atoms with Crippen LogP contribution in [0.25, 0.3) is 10.2 Å². The fourth-order valence-electron chi connectivity index (χ4n) is 5.13. The molecule has 2 aromatic heterocycles. The predicted molar refractivity (Wildman–Crippen MR) is 116 cm³/mol. The zero-order chi connectivity index (χ0) is 18.9. The zero-order valence-corrected chi connectivity index (χ0v) is 18.0. The Morgan fingerprint density at radius 2 is 1.79 bits per heavy atom. The second-order valence-corrected chi connectivity index (χ2v) is 9.81. The maximum atomic E-state index is 6.29. The molecule has 0 radical (unpaired) electrons. The third-order valence-corrected chi connectivity index (χ3v) is 7.99. The number of ether oxygens (including phenoxy) is 1. The maximum absolute atomic E-state index is 6.29. The lowest BCUT2D eigenvalue weighted by Gasteiger charge is -2.39. The molecule has 5 nitrogen and oxygen atoms in total. The fraction of sp³-hybridized carbons (Fsp3) is 0.714. The number of thiophene rings is 1. The molecule has 28 heavy (non-hydrogen) atoms. The van der Waals surface area contributed by atoms with Crippen molar-refractivity contribution in [3.8, 4) is 0 Å². The summed E-state index contributed by atoms with van der Waals surface area (Å²) in [5.41, 5.74) is 1.48. The number of hydrogen-bond donors (Lipinski definition) is 1. The summed E-state index contributed by atoms with van der Waals surface area (Å²) in [7, 11) is 0. The molecule has 1 aliphatic heterocycles. The number of fused-ring (bicyclic) bond motifs is 3. The van der Waals surface area contributed by atoms with Crippen LogP contribution in [-0.4, -0.2) is 53.3 Å². The van der Waals surface area contributed by atoms with E-state index in [1.54, 1.807) is 0 Å². The van der Waals surface area contributed by atoms with Crippen LogP contribution < -0.4 is 5.32 Å². The molecule has 0 amide bonds. The number of nitrogens with zero attached hydrogens (tertiary/aromatic N) is 3. The van der Waals surface area contributed by atoms with Gasteiger partial charge in [-0.2, -0.15) is 0 Å². The molecule has 0 unspecified atom stereocenters. The van der Waals surface area contributed by atoms with Gasteiger partial charge in [0.2, 0.25) is 5.28 Å². The van der Waals surface area contributed by atoms with Gasteiger partial charge < -0.3 is 10.1 Å². The SMILES string of the molecule is Clc1nc(NC2CCC(N3CCOCC3)CC2)c2c3c(sc2n1)CCCCC3. The molecule has 152 valence electrons. The number of morpholine rings is 1. The van der Waals surface area contributed by atoms with E-state index in [1.807, 2.05) is 11.3 Å². The van der Waals surface area contributed by atoms with E-state index in [-0.39, 0.29) is 0 Å². The first-order valence-corrected chi connectivity index (χ1v) is 12.0. The van der Waals surface area contributed by atoms with E-state index in [4.69, 9.17) is 16.3 Å². The van der Waals surface area contributed by atoms with Crippen molar-refractivity contribution in [2.45, 2.75) is 69.9 Å². The van der Waals surface area contributed by atoms with Gasteiger partial charge in [0.05, 0.1) is 18.6 Å². The van der Waals surface area contributed by atoms with Gasteiger partial charge in [-0.3, -0.25) is 4.90 Å². The molecule has 2 aliphatic carbocycles. The summed E-state index contributed by atoms with van der Waals surface area (Å²) < 4.78 is 5.51. The van der Waals surface area contributed by atoms with Crippen molar-refractivity contribution in [3.63, 3.8) is 0 Å². The van der Waals surface area contributed by atoms with Gasteiger partial charge in [-0.15, -0.1) is 11.3 Å². The van der Waals surface area contributed by atoms with E-state index in [1.165, 1.54) is 67.2 Å². The minimum absolute atomic E-state index is 0.369. The van der Waals surface area contributed by atoms with Crippen molar-refractivity contribution in [3.05, 3.63) is 15.7 Å². The van der Waals surface area contributed by atoms with E-state index in [0.717, 1.165) is 43.4 Å². The van der Waals surface area contributed by atoms with Crippen LogP contribution in [0.3, 0.4) is 0 Å². The standard InChI is InChI=1S/C21H29ClN4OS/c22-21-24-19(18-16-4-2-1-3-5-17(16)28-20(18)25-21)23-14-6-8-15(9-7-14)26-10-12-27-13-11-26/h14-15H,1-13H2,(H,23,24,25). The molecule has 5 rings (SSSR count). The number of anilines is 1. The van der Waals surface area contributed by atoms with E-state index in [9.17, 15) is 0 Å². The van der Waals surface area contributed by atoms with Crippen LogP contribution in [0.2, 0.25) is 5.28 Å². The molecule has 2 fully saturated rings. The maximum Gasteiger partial charge on any atom is 0.225 e. The Hall–Kier alpha value is -0.950. The van der Waals surface area contributed by atoms with Crippen LogP contribution in [0.5, 0.6) is 0 Å². The Balaban J connectivity index is 1.33. The van der Waals surface area contributed by atoms with Crippen LogP contribution in [-0.2, 0) is 17.6 Å². The number of halogens is 1. The van der Waals surface area contributed by atoms with Crippen LogP contribution >= 0.6 is 22.9 Å². The van der Waals surface area contributed by atoms with Crippen molar-refractivity contribution in [1.82, 2.24) is 14.9 Å². The summed E-state index contributed by atoms with van der Waals surface area (Å²) in [5.74, 6) is 0.976. The van der Waals surface area contributed by atoms with Crippen molar-refractivity contribution in [2.24, 2.45) is 0 Å². The minimum Gasteiger partial charge on any atom is -0.379 e. The molecule has 1 saturated heterocycles. The van der Waals surface area contributed by atoms with Gasteiger partial charge >= 0.3 is 0 Å². The average Bonchev–Trinajstić information content (AvgIpc) is 2.90. The van der Waals surface area contributed by atoms with Gasteiger partial charge in [0.15, 0.2) is 0 Å². The number of hydrogen-bond acceptors (Lipinski definition) is 6. The second kappa shape index (κ2) is 8.42. The highest BCUT2D eigenvalue weighted by Crippen LogP contribution is 2.39. The number of aryl methyl sites for hydroxylation is 2. The van der Waals surface area contributed by atoms with Gasteiger partial charge in [-0.25, -0.2) is 9.97 Å². The quantitative estimate of drug-likeness (QED) is 0.577. The molecule has 3 heterocycles. The lowest BCUT2D eigenvalue weighted by Crippen LogP contribution is -2.46. The third kappa shape index (κ3) is 3.89. The van der Waals surface area contributed by atoms with Gasteiger partial charge in [0.1, 0.15) is 10.6 Å². The molecule has 0 bridgehead atoms. The Labute approximate surface area is 175 Å². The van der Waals surface area contributed by atoms with Gasteiger partial charge in [-0.05, 0) is 68.5 Å². The second-order valence-electron chi connectivity index (χ2n) is 8.38. The molecule has 7 heteroatoms. The highest BCUT2D eigenvalue weighted by Gasteiger charge is 2.28. The average molecular weight is 421 g/mol. The molecule has 0 atom stereocenters. The highest BCUT2D eigenvalue weighted by molar-refractivity contribution is 7.19. The van der Waals surface area contributed by atoms with E-state index < -0.39 is 0 Å². The summed E-state index contributed by atoms with van der Waals surface area (Å²) in [5, 5.41) is 5.39. The highest BCUT2D eigenvalue weighted by atomic mass is 35.5. The summed E-state index contributed by atoms with van der Waals surface area (Å²) in [4.78, 5) is 14.4. The van der Waals surface area contributed by atoms with E-state index in [0.29, 0.717) is 17.4 Å². The van der Waals surface area contributed by atoms with Crippen LogP contribution in [0, 0.1) is 0 Å². The summed E-state index contributed by atoms with van der Waals surface area (Å²) >= 11 is 8.12. The predicted octanol–water partition coefficient (Wildman–Crippen LogP) is 4.67. The fourth-order valence-corrected chi connectivity index (χ4v) is 6.61. The molecular formula is C21H29ClN4OS. The van der Waals surface area contributed by atoms with Gasteiger partial charge in [0, 0.05) is 30.1 Å². The third-order valence-electron chi connectivity index (χ3n) is 6.64. The first-order valence-electron chi connectivity index (χ1n) is 10.8. The molecule has 2 aromatic rings. The minimum atomic E-state index is 0.369. The largest absolute Gasteiger partial charge is 0.379 e. The Morgan fingerprint density at radius 3 is 2.61 bits per heavy atom. The van der Waals surface area contributed by atoms with Gasteiger partial charge in [0.25, 0.3) is 0 Å². The van der Waals surface area contributed by atoms with Crippen molar-refractivity contribution in [2.75, 3.05) is 31.6 Å².